The quantitative estimate of drug-likeness (QED) is 0.509. The second-order valence-corrected chi connectivity index (χ2v) is 6.71. The first-order chi connectivity index (χ1) is 14.0. The number of amides is 1. The number of benzene rings is 2. The molecule has 0 aliphatic rings. The summed E-state index contributed by atoms with van der Waals surface area (Å²) < 4.78 is 9.98. The third-order valence-electron chi connectivity index (χ3n) is 4.46. The van der Waals surface area contributed by atoms with Crippen molar-refractivity contribution >= 4 is 34.6 Å². The first kappa shape index (κ1) is 20.6. The van der Waals surface area contributed by atoms with Gasteiger partial charge in [0.25, 0.3) is 0 Å². The van der Waals surface area contributed by atoms with Crippen LogP contribution in [0.15, 0.2) is 42.6 Å². The lowest BCUT2D eigenvalue weighted by Gasteiger charge is -2.18. The number of halogens is 1. The summed E-state index contributed by atoms with van der Waals surface area (Å²) in [5.41, 5.74) is 2.55. The number of esters is 1. The van der Waals surface area contributed by atoms with Crippen LogP contribution in [0.1, 0.15) is 16.7 Å². The van der Waals surface area contributed by atoms with Crippen molar-refractivity contribution in [3.05, 3.63) is 64.3 Å². The van der Waals surface area contributed by atoms with Gasteiger partial charge in [-0.2, -0.15) is 5.10 Å². The fourth-order valence-electron chi connectivity index (χ4n) is 3.01. The molecule has 3 aromatic rings. The number of H-pyrrole nitrogens is 1. The molecule has 0 fully saturated rings. The summed E-state index contributed by atoms with van der Waals surface area (Å²) >= 11 is 6.27. The maximum atomic E-state index is 12.2. The van der Waals surface area contributed by atoms with Crippen molar-refractivity contribution in [1.82, 2.24) is 15.5 Å². The van der Waals surface area contributed by atoms with Crippen molar-refractivity contribution < 1.29 is 24.2 Å². The van der Waals surface area contributed by atoms with Gasteiger partial charge in [0.05, 0.1) is 30.5 Å². The predicted octanol–water partition coefficient (Wildman–Crippen LogP) is 2.72. The summed E-state index contributed by atoms with van der Waals surface area (Å²) in [5, 5.41) is 20.1. The Morgan fingerprint density at radius 2 is 2.07 bits per heavy atom. The zero-order chi connectivity index (χ0) is 20.8. The Labute approximate surface area is 171 Å². The van der Waals surface area contributed by atoms with Crippen molar-refractivity contribution in [2.45, 2.75) is 25.7 Å². The molecule has 1 atom stereocenters. The number of aromatic amines is 1. The Balaban J connectivity index is 1.76. The molecule has 152 valence electrons. The highest BCUT2D eigenvalue weighted by Crippen LogP contribution is 2.29. The number of aliphatic hydroxyl groups excluding tert-OH is 1. The van der Waals surface area contributed by atoms with E-state index in [4.69, 9.17) is 21.1 Å². The number of carbonyl (C=O) groups excluding carboxylic acids is 2. The van der Waals surface area contributed by atoms with Gasteiger partial charge >= 0.3 is 12.1 Å². The molecule has 1 aromatic heterocycles. The minimum absolute atomic E-state index is 0.0594. The summed E-state index contributed by atoms with van der Waals surface area (Å²) in [6.45, 7) is -0.218. The second-order valence-electron chi connectivity index (χ2n) is 6.30. The van der Waals surface area contributed by atoms with Gasteiger partial charge in [0, 0.05) is 11.8 Å². The summed E-state index contributed by atoms with van der Waals surface area (Å²) in [6.07, 6.45) is 0.847. The molecule has 3 rings (SSSR count). The topological polar surface area (TPSA) is 114 Å². The van der Waals surface area contributed by atoms with E-state index in [1.54, 1.807) is 12.3 Å². The summed E-state index contributed by atoms with van der Waals surface area (Å²) in [7, 11) is 1.23. The van der Waals surface area contributed by atoms with Crippen LogP contribution in [-0.4, -0.2) is 40.5 Å². The molecule has 1 heterocycles. The SMILES string of the molecule is COC(=O)[C@@H](Cc1cc(Cl)c2[nH]ncc2c1CO)NC(=O)OCc1ccccc1. The number of hydrogen-bond donors (Lipinski definition) is 3. The van der Waals surface area contributed by atoms with Gasteiger partial charge in [0.1, 0.15) is 12.6 Å². The number of methoxy groups -OCH3 is 1. The molecule has 0 aliphatic carbocycles. The van der Waals surface area contributed by atoms with Crippen LogP contribution in [0.4, 0.5) is 4.79 Å². The van der Waals surface area contributed by atoms with Crippen molar-refractivity contribution in [2.24, 2.45) is 0 Å². The highest BCUT2D eigenvalue weighted by molar-refractivity contribution is 6.35. The molecular weight excluding hydrogens is 398 g/mol. The van der Waals surface area contributed by atoms with Crippen LogP contribution in [0.2, 0.25) is 5.02 Å². The molecule has 1 amide bonds. The van der Waals surface area contributed by atoms with Gasteiger partial charge in [-0.15, -0.1) is 0 Å². The van der Waals surface area contributed by atoms with E-state index in [-0.39, 0.29) is 19.6 Å². The standard InChI is InChI=1S/C20H20ClN3O5/c1-28-19(26)17(23-20(27)29-11-12-5-3-2-4-6-12)8-13-7-16(21)18-14(9-22-24-18)15(13)10-25/h2-7,9,17,25H,8,10-11H2,1H3,(H,22,24)(H,23,27)/t17-/m1/s1. The molecular formula is C20H20ClN3O5. The highest BCUT2D eigenvalue weighted by Gasteiger charge is 2.25. The minimum Gasteiger partial charge on any atom is -0.467 e. The molecule has 0 saturated heterocycles. The number of hydrogen-bond acceptors (Lipinski definition) is 6. The van der Waals surface area contributed by atoms with E-state index in [1.807, 2.05) is 30.3 Å². The first-order valence-electron chi connectivity index (χ1n) is 8.82. The number of alkyl carbamates (subject to hydrolysis) is 1. The molecule has 9 heteroatoms. The second kappa shape index (κ2) is 9.40. The lowest BCUT2D eigenvalue weighted by Crippen LogP contribution is -2.43. The average molecular weight is 418 g/mol. The van der Waals surface area contributed by atoms with Crippen LogP contribution in [0.3, 0.4) is 0 Å². The fourth-order valence-corrected chi connectivity index (χ4v) is 3.29. The van der Waals surface area contributed by atoms with E-state index >= 15 is 0 Å². The molecule has 8 nitrogen and oxygen atoms in total. The Morgan fingerprint density at radius 1 is 1.31 bits per heavy atom. The van der Waals surface area contributed by atoms with E-state index in [9.17, 15) is 14.7 Å². The van der Waals surface area contributed by atoms with Gasteiger partial charge in [-0.1, -0.05) is 41.9 Å². The number of nitrogens with one attached hydrogen (secondary N) is 2. The Bertz CT molecular complexity index is 1010. The van der Waals surface area contributed by atoms with Crippen LogP contribution in [-0.2, 0) is 33.9 Å². The summed E-state index contributed by atoms with van der Waals surface area (Å²) in [5.74, 6) is -0.644. The lowest BCUT2D eigenvalue weighted by atomic mass is 9.97. The van der Waals surface area contributed by atoms with Crippen molar-refractivity contribution in [3.8, 4) is 0 Å². The largest absolute Gasteiger partial charge is 0.467 e. The third kappa shape index (κ3) is 4.85. The molecule has 0 spiro atoms. The molecule has 0 radical (unpaired) electrons. The maximum Gasteiger partial charge on any atom is 0.408 e. The molecule has 0 unspecified atom stereocenters. The van der Waals surface area contributed by atoms with Crippen molar-refractivity contribution in [3.63, 3.8) is 0 Å². The number of aromatic nitrogens is 2. The Morgan fingerprint density at radius 3 is 2.76 bits per heavy atom. The van der Waals surface area contributed by atoms with Gasteiger partial charge in [-0.3, -0.25) is 5.10 Å². The predicted molar refractivity (Wildman–Crippen MR) is 106 cm³/mol. The Hall–Kier alpha value is -3.10. The summed E-state index contributed by atoms with van der Waals surface area (Å²) in [4.78, 5) is 24.4. The normalized spacial score (nSPS) is 11.8. The third-order valence-corrected chi connectivity index (χ3v) is 4.76. The number of carbonyl (C=O) groups is 2. The Kier molecular flexibility index (Phi) is 6.69. The summed E-state index contributed by atoms with van der Waals surface area (Å²) in [6, 6.07) is 9.77. The van der Waals surface area contributed by atoms with Crippen LogP contribution in [0.25, 0.3) is 10.9 Å². The lowest BCUT2D eigenvalue weighted by molar-refractivity contribution is -0.143. The molecule has 2 aromatic carbocycles. The number of rotatable bonds is 7. The fraction of sp³-hybridized carbons (Fsp3) is 0.250. The van der Waals surface area contributed by atoms with E-state index < -0.39 is 18.1 Å². The van der Waals surface area contributed by atoms with E-state index in [0.717, 1.165) is 5.56 Å². The molecule has 0 saturated carbocycles. The van der Waals surface area contributed by atoms with Crippen LogP contribution in [0, 0.1) is 0 Å². The molecule has 3 N–H and O–H groups in total. The van der Waals surface area contributed by atoms with Crippen molar-refractivity contribution in [1.29, 1.82) is 0 Å². The number of aliphatic hydroxyl groups is 1. The monoisotopic (exact) mass is 417 g/mol. The van der Waals surface area contributed by atoms with E-state index in [2.05, 4.69) is 15.5 Å². The minimum atomic E-state index is -1.02. The van der Waals surface area contributed by atoms with E-state index in [0.29, 0.717) is 27.1 Å². The van der Waals surface area contributed by atoms with Crippen LogP contribution in [0.5, 0.6) is 0 Å². The molecule has 29 heavy (non-hydrogen) atoms. The zero-order valence-electron chi connectivity index (χ0n) is 15.6. The zero-order valence-corrected chi connectivity index (χ0v) is 16.4. The molecule has 0 bridgehead atoms. The maximum absolute atomic E-state index is 12.2. The number of fused-ring (bicyclic) bond motifs is 1. The van der Waals surface area contributed by atoms with Crippen molar-refractivity contribution in [2.75, 3.05) is 7.11 Å². The van der Waals surface area contributed by atoms with Gasteiger partial charge in [0.15, 0.2) is 0 Å². The van der Waals surface area contributed by atoms with E-state index in [1.165, 1.54) is 7.11 Å². The van der Waals surface area contributed by atoms with Crippen LogP contribution < -0.4 is 5.32 Å². The van der Waals surface area contributed by atoms with Gasteiger partial charge < -0.3 is 19.9 Å². The van der Waals surface area contributed by atoms with Crippen LogP contribution >= 0.6 is 11.6 Å². The smallest absolute Gasteiger partial charge is 0.408 e. The van der Waals surface area contributed by atoms with Gasteiger partial charge in [-0.25, -0.2) is 9.59 Å². The van der Waals surface area contributed by atoms with Gasteiger partial charge in [-0.05, 0) is 22.8 Å². The highest BCUT2D eigenvalue weighted by atomic mass is 35.5. The number of nitrogens with zero attached hydrogens (tertiary/aromatic N) is 1. The molecule has 0 aliphatic heterocycles. The first-order valence-corrected chi connectivity index (χ1v) is 9.20. The number of ether oxygens (including phenoxy) is 2. The van der Waals surface area contributed by atoms with Gasteiger partial charge in [0.2, 0.25) is 0 Å². The average Bonchev–Trinajstić information content (AvgIpc) is 3.22.